The molecule has 4 N–H and O–H groups in total. The highest BCUT2D eigenvalue weighted by molar-refractivity contribution is 5.91. The lowest BCUT2D eigenvalue weighted by molar-refractivity contribution is -0.123. The molecule has 0 bridgehead atoms. The maximum Gasteiger partial charge on any atom is 0.230 e. The van der Waals surface area contributed by atoms with Crippen molar-refractivity contribution in [3.63, 3.8) is 0 Å². The van der Waals surface area contributed by atoms with E-state index in [0.29, 0.717) is 6.54 Å². The summed E-state index contributed by atoms with van der Waals surface area (Å²) in [4.78, 5) is 12.4. The minimum Gasteiger partial charge on any atom is -0.399 e. The molecular formula is C15H18N4O. The number of anilines is 1. The molecule has 2 aromatic rings. The zero-order valence-corrected chi connectivity index (χ0v) is 11.4. The smallest absolute Gasteiger partial charge is 0.230 e. The number of nitrogen functional groups attached to an aromatic ring is 1. The molecule has 0 unspecified atom stereocenters. The molecule has 1 heterocycles. The van der Waals surface area contributed by atoms with Crippen LogP contribution in [-0.4, -0.2) is 16.1 Å². The van der Waals surface area contributed by atoms with E-state index in [4.69, 9.17) is 5.73 Å². The standard InChI is InChI=1S/C15H18N4O/c1-10-11(9-18-19-10)8-17-14(20)15(6-7-15)12-2-4-13(16)5-3-12/h2-5,9H,6-8,16H2,1H3,(H,17,20)(H,18,19). The molecule has 1 aromatic heterocycles. The monoisotopic (exact) mass is 270 g/mol. The van der Waals surface area contributed by atoms with Crippen molar-refractivity contribution in [2.75, 3.05) is 5.73 Å². The van der Waals surface area contributed by atoms with Gasteiger partial charge >= 0.3 is 0 Å². The summed E-state index contributed by atoms with van der Waals surface area (Å²) >= 11 is 0. The van der Waals surface area contributed by atoms with E-state index >= 15 is 0 Å². The van der Waals surface area contributed by atoms with Crippen LogP contribution in [0.15, 0.2) is 30.5 Å². The molecule has 0 aliphatic heterocycles. The number of amides is 1. The number of carbonyl (C=O) groups excluding carboxylic acids is 1. The average Bonchev–Trinajstić information content (AvgIpc) is 3.15. The second kappa shape index (κ2) is 4.67. The SMILES string of the molecule is Cc1[nH]ncc1CNC(=O)C1(c2ccc(N)cc2)CC1. The lowest BCUT2D eigenvalue weighted by Gasteiger charge is -2.16. The molecule has 1 amide bonds. The average molecular weight is 270 g/mol. The number of H-pyrrole nitrogens is 1. The minimum atomic E-state index is -0.356. The van der Waals surface area contributed by atoms with E-state index in [1.807, 2.05) is 31.2 Å². The van der Waals surface area contributed by atoms with Gasteiger partial charge in [0.2, 0.25) is 5.91 Å². The van der Waals surface area contributed by atoms with Crippen molar-refractivity contribution < 1.29 is 4.79 Å². The molecule has 0 radical (unpaired) electrons. The number of hydrogen-bond donors (Lipinski definition) is 3. The zero-order valence-electron chi connectivity index (χ0n) is 11.4. The number of aromatic amines is 1. The summed E-state index contributed by atoms with van der Waals surface area (Å²) in [6, 6.07) is 7.60. The first kappa shape index (κ1) is 12.7. The minimum absolute atomic E-state index is 0.0860. The van der Waals surface area contributed by atoms with Crippen LogP contribution in [0.3, 0.4) is 0 Å². The maximum absolute atomic E-state index is 12.4. The van der Waals surface area contributed by atoms with Gasteiger partial charge in [-0.2, -0.15) is 5.10 Å². The zero-order chi connectivity index (χ0) is 14.2. The van der Waals surface area contributed by atoms with E-state index < -0.39 is 0 Å². The molecule has 5 heteroatoms. The van der Waals surface area contributed by atoms with Crippen LogP contribution in [-0.2, 0) is 16.8 Å². The van der Waals surface area contributed by atoms with Crippen LogP contribution < -0.4 is 11.1 Å². The Morgan fingerprint density at radius 2 is 2.10 bits per heavy atom. The van der Waals surface area contributed by atoms with Gasteiger partial charge in [0.25, 0.3) is 0 Å². The van der Waals surface area contributed by atoms with Gasteiger partial charge in [0.05, 0.1) is 11.6 Å². The third-order valence-corrected chi connectivity index (χ3v) is 4.02. The molecule has 5 nitrogen and oxygen atoms in total. The van der Waals surface area contributed by atoms with Crippen molar-refractivity contribution in [2.45, 2.75) is 31.7 Å². The summed E-state index contributed by atoms with van der Waals surface area (Å²) < 4.78 is 0. The Bertz CT molecular complexity index is 626. The van der Waals surface area contributed by atoms with E-state index in [-0.39, 0.29) is 11.3 Å². The number of aromatic nitrogens is 2. The van der Waals surface area contributed by atoms with E-state index in [1.54, 1.807) is 6.20 Å². The van der Waals surface area contributed by atoms with Crippen LogP contribution in [0.25, 0.3) is 0 Å². The van der Waals surface area contributed by atoms with Gasteiger partial charge in [0, 0.05) is 23.5 Å². The predicted molar refractivity (Wildman–Crippen MR) is 76.9 cm³/mol. The Balaban J connectivity index is 1.70. The molecule has 3 rings (SSSR count). The first-order valence-electron chi connectivity index (χ1n) is 6.75. The number of carbonyl (C=O) groups is 1. The molecular weight excluding hydrogens is 252 g/mol. The summed E-state index contributed by atoms with van der Waals surface area (Å²) in [5, 5.41) is 9.84. The van der Waals surface area contributed by atoms with Crippen LogP contribution >= 0.6 is 0 Å². The molecule has 0 saturated heterocycles. The molecule has 0 atom stereocenters. The lowest BCUT2D eigenvalue weighted by atomic mass is 9.94. The molecule has 1 fully saturated rings. The Kier molecular flexibility index (Phi) is 2.97. The largest absolute Gasteiger partial charge is 0.399 e. The number of nitrogens with zero attached hydrogens (tertiary/aromatic N) is 1. The Morgan fingerprint density at radius 1 is 1.40 bits per heavy atom. The fourth-order valence-electron chi connectivity index (χ4n) is 2.47. The first-order valence-corrected chi connectivity index (χ1v) is 6.75. The van der Waals surface area contributed by atoms with Crippen LogP contribution in [0.4, 0.5) is 5.69 Å². The van der Waals surface area contributed by atoms with E-state index in [0.717, 1.165) is 35.3 Å². The number of benzene rings is 1. The van der Waals surface area contributed by atoms with Crippen LogP contribution in [0, 0.1) is 6.92 Å². The summed E-state index contributed by atoms with van der Waals surface area (Å²) in [6.07, 6.45) is 3.54. The number of aryl methyl sites for hydroxylation is 1. The summed E-state index contributed by atoms with van der Waals surface area (Å²) in [7, 11) is 0. The highest BCUT2D eigenvalue weighted by Gasteiger charge is 2.51. The highest BCUT2D eigenvalue weighted by Crippen LogP contribution is 2.48. The summed E-state index contributed by atoms with van der Waals surface area (Å²) in [5.41, 5.74) is 9.12. The Morgan fingerprint density at radius 3 is 2.65 bits per heavy atom. The summed E-state index contributed by atoms with van der Waals surface area (Å²) in [5.74, 6) is 0.0860. The van der Waals surface area contributed by atoms with Gasteiger partial charge in [-0.3, -0.25) is 9.89 Å². The highest BCUT2D eigenvalue weighted by atomic mass is 16.2. The molecule has 1 aliphatic carbocycles. The topological polar surface area (TPSA) is 83.8 Å². The van der Waals surface area contributed by atoms with Crippen molar-refractivity contribution in [1.82, 2.24) is 15.5 Å². The van der Waals surface area contributed by atoms with Crippen molar-refractivity contribution in [3.05, 3.63) is 47.3 Å². The summed E-state index contributed by atoms with van der Waals surface area (Å²) in [6.45, 7) is 2.46. The van der Waals surface area contributed by atoms with Gasteiger partial charge in [0.1, 0.15) is 0 Å². The predicted octanol–water partition coefficient (Wildman–Crippen LogP) is 1.65. The van der Waals surface area contributed by atoms with Gasteiger partial charge in [-0.25, -0.2) is 0 Å². The van der Waals surface area contributed by atoms with Crippen molar-refractivity contribution in [3.8, 4) is 0 Å². The molecule has 1 saturated carbocycles. The van der Waals surface area contributed by atoms with Gasteiger partial charge in [-0.05, 0) is 37.5 Å². The molecule has 1 aliphatic rings. The van der Waals surface area contributed by atoms with Gasteiger partial charge in [-0.15, -0.1) is 0 Å². The first-order chi connectivity index (χ1) is 9.62. The fraction of sp³-hybridized carbons (Fsp3) is 0.333. The molecule has 1 aromatic carbocycles. The van der Waals surface area contributed by atoms with Gasteiger partial charge in [0.15, 0.2) is 0 Å². The second-order valence-electron chi connectivity index (χ2n) is 5.41. The molecule has 20 heavy (non-hydrogen) atoms. The van der Waals surface area contributed by atoms with Gasteiger partial charge in [-0.1, -0.05) is 12.1 Å². The van der Waals surface area contributed by atoms with E-state index in [2.05, 4.69) is 15.5 Å². The lowest BCUT2D eigenvalue weighted by Crippen LogP contribution is -2.34. The van der Waals surface area contributed by atoms with Crippen molar-refractivity contribution in [2.24, 2.45) is 0 Å². The fourth-order valence-corrected chi connectivity index (χ4v) is 2.47. The molecule has 104 valence electrons. The number of rotatable bonds is 4. The van der Waals surface area contributed by atoms with Crippen LogP contribution in [0.2, 0.25) is 0 Å². The second-order valence-corrected chi connectivity index (χ2v) is 5.41. The third-order valence-electron chi connectivity index (χ3n) is 4.02. The quantitative estimate of drug-likeness (QED) is 0.739. The van der Waals surface area contributed by atoms with Crippen molar-refractivity contribution in [1.29, 1.82) is 0 Å². The van der Waals surface area contributed by atoms with Crippen LogP contribution in [0.5, 0.6) is 0 Å². The van der Waals surface area contributed by atoms with Crippen LogP contribution in [0.1, 0.15) is 29.7 Å². The van der Waals surface area contributed by atoms with E-state index in [9.17, 15) is 4.79 Å². The molecule has 0 spiro atoms. The Labute approximate surface area is 117 Å². The van der Waals surface area contributed by atoms with Crippen molar-refractivity contribution >= 4 is 11.6 Å². The normalized spacial score (nSPS) is 15.8. The number of nitrogens with one attached hydrogen (secondary N) is 2. The van der Waals surface area contributed by atoms with Gasteiger partial charge < -0.3 is 11.1 Å². The number of nitrogens with two attached hydrogens (primary N) is 1. The Hall–Kier alpha value is -2.30. The third kappa shape index (κ3) is 2.15. The van der Waals surface area contributed by atoms with E-state index in [1.165, 1.54) is 0 Å². The maximum atomic E-state index is 12.4. The number of hydrogen-bond acceptors (Lipinski definition) is 3.